The van der Waals surface area contributed by atoms with Crippen molar-refractivity contribution in [3.8, 4) is 5.75 Å². The van der Waals surface area contributed by atoms with Gasteiger partial charge in [0.1, 0.15) is 25.4 Å². The third-order valence-electron chi connectivity index (χ3n) is 6.45. The maximum absolute atomic E-state index is 13.8. The summed E-state index contributed by atoms with van der Waals surface area (Å²) in [6, 6.07) is 24.3. The van der Waals surface area contributed by atoms with E-state index in [4.69, 9.17) is 4.74 Å². The van der Waals surface area contributed by atoms with E-state index in [2.05, 4.69) is 0 Å². The molecule has 0 fully saturated rings. The maximum Gasteiger partial charge on any atom is 0.324 e. The quantitative estimate of drug-likeness (QED) is 0.216. The van der Waals surface area contributed by atoms with E-state index >= 15 is 0 Å². The van der Waals surface area contributed by atoms with Crippen molar-refractivity contribution in [3.63, 3.8) is 0 Å². The minimum absolute atomic E-state index is 0.0910. The van der Waals surface area contributed by atoms with Gasteiger partial charge in [0.15, 0.2) is 0 Å². The Hall–Kier alpha value is -4.88. The van der Waals surface area contributed by atoms with Crippen molar-refractivity contribution in [1.29, 1.82) is 0 Å². The maximum atomic E-state index is 13.8. The Balaban J connectivity index is 1.91. The molecule has 11 nitrogen and oxygen atoms in total. The molecule has 0 saturated carbocycles. The Bertz CT molecular complexity index is 1890. The molecule has 0 amide bonds. The number of benzene rings is 4. The highest BCUT2D eigenvalue weighted by atomic mass is 32.2. The predicted molar refractivity (Wildman–Crippen MR) is 164 cm³/mol. The zero-order valence-corrected chi connectivity index (χ0v) is 25.5. The minimum Gasteiger partial charge on any atom is -0.487 e. The molecule has 44 heavy (non-hydrogen) atoms. The van der Waals surface area contributed by atoms with Gasteiger partial charge >= 0.3 is 11.9 Å². The van der Waals surface area contributed by atoms with E-state index in [1.807, 2.05) is 0 Å². The van der Waals surface area contributed by atoms with Crippen LogP contribution in [0.25, 0.3) is 0 Å². The van der Waals surface area contributed by atoms with Crippen LogP contribution in [0.2, 0.25) is 0 Å². The molecule has 0 radical (unpaired) electrons. The van der Waals surface area contributed by atoms with Crippen molar-refractivity contribution in [3.05, 3.63) is 114 Å². The van der Waals surface area contributed by atoms with Crippen molar-refractivity contribution in [1.82, 2.24) is 0 Å². The Morgan fingerprint density at radius 2 is 1.18 bits per heavy atom. The standard InChI is InChI=1S/C31H30N2O9S2/c1-22-8-6-12-26(16-22)43(38,39)32(19-30(34)35)25-14-15-28(29(18-25)42-21-24-10-4-3-5-11-24)33(20-31(36)37)44(40,41)27-13-7-9-23(2)17-27/h3-18H,19-21H2,1-2H3,(H,34,35)(H,36,37). The van der Waals surface area contributed by atoms with E-state index in [0.29, 0.717) is 25.3 Å². The Kier molecular flexibility index (Phi) is 9.60. The number of anilines is 2. The van der Waals surface area contributed by atoms with Gasteiger partial charge in [-0.1, -0.05) is 54.6 Å². The summed E-state index contributed by atoms with van der Waals surface area (Å²) in [5.74, 6) is -3.07. The number of aliphatic carboxylic acids is 2. The molecular formula is C31H30N2O9S2. The Labute approximate surface area is 255 Å². The zero-order chi connectivity index (χ0) is 32.1. The summed E-state index contributed by atoms with van der Waals surface area (Å²) >= 11 is 0. The van der Waals surface area contributed by atoms with Gasteiger partial charge in [-0.3, -0.25) is 18.2 Å². The number of carboxylic acids is 2. The third kappa shape index (κ3) is 7.36. The molecule has 4 aromatic rings. The number of carboxylic acid groups (broad SMARTS) is 2. The van der Waals surface area contributed by atoms with Crippen LogP contribution < -0.4 is 13.3 Å². The van der Waals surface area contributed by atoms with E-state index in [1.165, 1.54) is 54.6 Å². The summed E-state index contributed by atoms with van der Waals surface area (Å²) in [6.45, 7) is 1.37. The van der Waals surface area contributed by atoms with Crippen molar-refractivity contribution < 1.29 is 41.4 Å². The largest absolute Gasteiger partial charge is 0.487 e. The normalized spacial score (nSPS) is 11.5. The fourth-order valence-electron chi connectivity index (χ4n) is 4.38. The number of hydrogen-bond acceptors (Lipinski definition) is 7. The molecule has 0 aliphatic carbocycles. The molecule has 0 bridgehead atoms. The fourth-order valence-corrected chi connectivity index (χ4v) is 7.42. The molecule has 2 N–H and O–H groups in total. The lowest BCUT2D eigenvalue weighted by Gasteiger charge is -2.28. The van der Waals surface area contributed by atoms with Gasteiger partial charge < -0.3 is 14.9 Å². The average Bonchev–Trinajstić information content (AvgIpc) is 2.98. The second-order valence-electron chi connectivity index (χ2n) is 9.87. The number of sulfonamides is 2. The monoisotopic (exact) mass is 638 g/mol. The smallest absolute Gasteiger partial charge is 0.324 e. The van der Waals surface area contributed by atoms with Crippen LogP contribution in [0.1, 0.15) is 16.7 Å². The molecule has 4 rings (SSSR count). The molecule has 13 heteroatoms. The van der Waals surface area contributed by atoms with Crippen LogP contribution in [0.4, 0.5) is 11.4 Å². The number of carbonyl (C=O) groups is 2. The van der Waals surface area contributed by atoms with E-state index < -0.39 is 45.1 Å². The molecule has 0 unspecified atom stereocenters. The van der Waals surface area contributed by atoms with Crippen LogP contribution in [-0.2, 0) is 36.2 Å². The summed E-state index contributed by atoms with van der Waals surface area (Å²) in [7, 11) is -8.87. The van der Waals surface area contributed by atoms with Crippen LogP contribution in [0.15, 0.2) is 107 Å². The van der Waals surface area contributed by atoms with Gasteiger partial charge in [0.05, 0.1) is 21.2 Å². The molecule has 4 aromatic carbocycles. The lowest BCUT2D eigenvalue weighted by Crippen LogP contribution is -2.37. The Morgan fingerprint density at radius 3 is 1.70 bits per heavy atom. The van der Waals surface area contributed by atoms with Crippen LogP contribution in [0.3, 0.4) is 0 Å². The molecule has 0 saturated heterocycles. The molecule has 0 spiro atoms. The number of hydrogen-bond donors (Lipinski definition) is 2. The van der Waals surface area contributed by atoms with Crippen LogP contribution in [0.5, 0.6) is 5.75 Å². The summed E-state index contributed by atoms with van der Waals surface area (Å²) in [5, 5.41) is 19.3. The first kappa shape index (κ1) is 32.0. The van der Waals surface area contributed by atoms with Crippen LogP contribution in [-0.4, -0.2) is 52.1 Å². The summed E-state index contributed by atoms with van der Waals surface area (Å²) in [5.41, 5.74) is 1.63. The van der Waals surface area contributed by atoms with Gasteiger partial charge in [-0.25, -0.2) is 16.8 Å². The first-order valence-electron chi connectivity index (χ1n) is 13.2. The lowest BCUT2D eigenvalue weighted by atomic mass is 10.2. The highest BCUT2D eigenvalue weighted by Gasteiger charge is 2.32. The zero-order valence-electron chi connectivity index (χ0n) is 23.8. The van der Waals surface area contributed by atoms with Gasteiger partial charge in [0, 0.05) is 6.07 Å². The van der Waals surface area contributed by atoms with Crippen molar-refractivity contribution >= 4 is 43.4 Å². The van der Waals surface area contributed by atoms with E-state index in [1.54, 1.807) is 56.3 Å². The van der Waals surface area contributed by atoms with Gasteiger partial charge in [-0.15, -0.1) is 0 Å². The van der Waals surface area contributed by atoms with E-state index in [9.17, 15) is 36.6 Å². The summed E-state index contributed by atoms with van der Waals surface area (Å²) in [4.78, 5) is 23.5. The highest BCUT2D eigenvalue weighted by Crippen LogP contribution is 2.38. The van der Waals surface area contributed by atoms with Crippen LogP contribution in [0, 0.1) is 13.8 Å². The topological polar surface area (TPSA) is 159 Å². The number of nitrogens with zero attached hydrogens (tertiary/aromatic N) is 2. The van der Waals surface area contributed by atoms with Crippen molar-refractivity contribution in [2.24, 2.45) is 0 Å². The number of ether oxygens (including phenoxy) is 1. The minimum atomic E-state index is -4.46. The predicted octanol–water partition coefficient (Wildman–Crippen LogP) is 4.44. The molecule has 0 aliphatic rings. The highest BCUT2D eigenvalue weighted by molar-refractivity contribution is 7.93. The van der Waals surface area contributed by atoms with Gasteiger partial charge in [0.25, 0.3) is 20.0 Å². The molecule has 0 heterocycles. The first-order chi connectivity index (χ1) is 20.8. The lowest BCUT2D eigenvalue weighted by molar-refractivity contribution is -0.136. The third-order valence-corrected chi connectivity index (χ3v) is 9.98. The summed E-state index contributed by atoms with van der Waals surface area (Å²) < 4.78 is 62.3. The van der Waals surface area contributed by atoms with Gasteiger partial charge in [0.2, 0.25) is 0 Å². The van der Waals surface area contributed by atoms with Crippen molar-refractivity contribution in [2.75, 3.05) is 21.7 Å². The van der Waals surface area contributed by atoms with E-state index in [0.717, 1.165) is 0 Å². The van der Waals surface area contributed by atoms with Crippen LogP contribution >= 0.6 is 0 Å². The Morgan fingerprint density at radius 1 is 0.659 bits per heavy atom. The molecular weight excluding hydrogens is 608 g/mol. The van der Waals surface area contributed by atoms with Gasteiger partial charge in [-0.05, 0) is 66.9 Å². The second kappa shape index (κ2) is 13.2. The first-order valence-corrected chi connectivity index (χ1v) is 16.1. The fraction of sp³-hybridized carbons (Fsp3) is 0.161. The molecule has 0 atom stereocenters. The number of aryl methyl sites for hydroxylation is 2. The van der Waals surface area contributed by atoms with E-state index in [-0.39, 0.29) is 33.5 Å². The summed E-state index contributed by atoms with van der Waals surface area (Å²) in [6.07, 6.45) is 0. The molecule has 230 valence electrons. The molecule has 0 aromatic heterocycles. The second-order valence-corrected chi connectivity index (χ2v) is 13.6. The van der Waals surface area contributed by atoms with Gasteiger partial charge in [-0.2, -0.15) is 0 Å². The molecule has 0 aliphatic heterocycles. The number of rotatable bonds is 13. The van der Waals surface area contributed by atoms with Crippen molar-refractivity contribution in [2.45, 2.75) is 30.2 Å². The average molecular weight is 639 g/mol. The SMILES string of the molecule is Cc1cccc(S(=O)(=O)N(CC(=O)O)c2ccc(N(CC(=O)O)S(=O)(=O)c3cccc(C)c3)c(OCc3ccccc3)c2)c1.